The van der Waals surface area contributed by atoms with Gasteiger partial charge in [-0.05, 0) is 54.4 Å². The molecule has 5 nitrogen and oxygen atoms in total. The summed E-state index contributed by atoms with van der Waals surface area (Å²) in [5, 5.41) is 7.54. The third kappa shape index (κ3) is 4.25. The highest BCUT2D eigenvalue weighted by atomic mass is 19.4. The molecule has 31 heavy (non-hydrogen) atoms. The van der Waals surface area contributed by atoms with E-state index < -0.39 is 17.6 Å². The molecule has 2 aromatic heterocycles. The lowest BCUT2D eigenvalue weighted by Crippen LogP contribution is -2.20. The van der Waals surface area contributed by atoms with Gasteiger partial charge in [-0.1, -0.05) is 18.2 Å². The van der Waals surface area contributed by atoms with Crippen LogP contribution in [-0.2, 0) is 17.5 Å². The standard InChI is InChI=1S/C22H16F4N4O/c1-13-20-18(14-5-7-16(23)8-6-14)9-10-27-21(20)30(29-13)12-19(31)28-17-4-2-3-15(11-17)22(24,25)26/h2-11H,12H2,1H3,(H,28,31). The number of halogens is 4. The number of benzene rings is 2. The summed E-state index contributed by atoms with van der Waals surface area (Å²) < 4.78 is 53.3. The molecule has 1 amide bonds. The summed E-state index contributed by atoms with van der Waals surface area (Å²) in [6.45, 7) is 1.53. The first kappa shape index (κ1) is 20.5. The minimum atomic E-state index is -4.50. The summed E-state index contributed by atoms with van der Waals surface area (Å²) in [6, 6.07) is 12.2. The summed E-state index contributed by atoms with van der Waals surface area (Å²) in [4.78, 5) is 16.8. The molecular formula is C22H16F4N4O. The van der Waals surface area contributed by atoms with Gasteiger partial charge in [0.1, 0.15) is 12.4 Å². The molecule has 0 aliphatic heterocycles. The molecule has 0 atom stereocenters. The Morgan fingerprint density at radius 3 is 2.55 bits per heavy atom. The smallest absolute Gasteiger partial charge is 0.324 e. The molecule has 0 aliphatic carbocycles. The van der Waals surface area contributed by atoms with Crippen molar-refractivity contribution < 1.29 is 22.4 Å². The summed E-state index contributed by atoms with van der Waals surface area (Å²) in [7, 11) is 0. The van der Waals surface area contributed by atoms with Crippen LogP contribution in [0.3, 0.4) is 0 Å². The number of rotatable bonds is 4. The average Bonchev–Trinajstić information content (AvgIpc) is 3.04. The van der Waals surface area contributed by atoms with Gasteiger partial charge in [-0.25, -0.2) is 14.1 Å². The van der Waals surface area contributed by atoms with Gasteiger partial charge >= 0.3 is 6.18 Å². The highest BCUT2D eigenvalue weighted by Gasteiger charge is 2.30. The molecule has 0 radical (unpaired) electrons. The van der Waals surface area contributed by atoms with Crippen LogP contribution in [0.25, 0.3) is 22.2 Å². The van der Waals surface area contributed by atoms with Crippen molar-refractivity contribution in [3.8, 4) is 11.1 Å². The van der Waals surface area contributed by atoms with E-state index in [9.17, 15) is 22.4 Å². The number of fused-ring (bicyclic) bond motifs is 1. The zero-order valence-corrected chi connectivity index (χ0v) is 16.2. The number of aryl methyl sites for hydroxylation is 1. The first-order valence-corrected chi connectivity index (χ1v) is 9.27. The lowest BCUT2D eigenvalue weighted by molar-refractivity contribution is -0.137. The Kier molecular flexibility index (Phi) is 5.18. The Morgan fingerprint density at radius 2 is 1.84 bits per heavy atom. The normalized spacial score (nSPS) is 11.6. The molecule has 2 aromatic carbocycles. The second kappa shape index (κ2) is 7.82. The largest absolute Gasteiger partial charge is 0.416 e. The SMILES string of the molecule is Cc1nn(CC(=O)Nc2cccc(C(F)(F)F)c2)c2nccc(-c3ccc(F)cc3)c12. The van der Waals surface area contributed by atoms with E-state index in [2.05, 4.69) is 15.4 Å². The Hall–Kier alpha value is -3.75. The number of pyridine rings is 1. The fourth-order valence-electron chi connectivity index (χ4n) is 3.37. The van der Waals surface area contributed by atoms with E-state index >= 15 is 0 Å². The Balaban J connectivity index is 1.62. The second-order valence-corrected chi connectivity index (χ2v) is 6.93. The number of anilines is 1. The van der Waals surface area contributed by atoms with Gasteiger partial charge in [-0.15, -0.1) is 0 Å². The predicted molar refractivity (Wildman–Crippen MR) is 108 cm³/mol. The fraction of sp³-hybridized carbons (Fsp3) is 0.136. The van der Waals surface area contributed by atoms with Crippen LogP contribution < -0.4 is 5.32 Å². The van der Waals surface area contributed by atoms with Crippen molar-refractivity contribution in [1.82, 2.24) is 14.8 Å². The molecule has 0 saturated carbocycles. The molecule has 4 rings (SSSR count). The third-order valence-corrected chi connectivity index (χ3v) is 4.73. The van der Waals surface area contributed by atoms with Crippen molar-refractivity contribution in [1.29, 1.82) is 0 Å². The van der Waals surface area contributed by atoms with Crippen LogP contribution >= 0.6 is 0 Å². The minimum absolute atomic E-state index is 0.0352. The first-order valence-electron chi connectivity index (χ1n) is 9.27. The van der Waals surface area contributed by atoms with Gasteiger partial charge in [0, 0.05) is 17.3 Å². The maximum Gasteiger partial charge on any atom is 0.416 e. The predicted octanol–water partition coefficient (Wildman–Crippen LogP) is 5.20. The van der Waals surface area contributed by atoms with Crippen molar-refractivity contribution in [2.75, 3.05) is 5.32 Å². The van der Waals surface area contributed by atoms with E-state index in [1.165, 1.54) is 28.9 Å². The summed E-state index contributed by atoms with van der Waals surface area (Å²) >= 11 is 0. The fourth-order valence-corrected chi connectivity index (χ4v) is 3.37. The molecule has 0 aliphatic rings. The van der Waals surface area contributed by atoms with Crippen LogP contribution in [-0.4, -0.2) is 20.7 Å². The van der Waals surface area contributed by atoms with Crippen LogP contribution in [0.2, 0.25) is 0 Å². The van der Waals surface area contributed by atoms with Crippen molar-refractivity contribution in [2.45, 2.75) is 19.6 Å². The quantitative estimate of drug-likeness (QED) is 0.455. The van der Waals surface area contributed by atoms with E-state index in [-0.39, 0.29) is 18.0 Å². The van der Waals surface area contributed by atoms with Crippen LogP contribution in [0.15, 0.2) is 60.8 Å². The van der Waals surface area contributed by atoms with Crippen LogP contribution in [0, 0.1) is 12.7 Å². The Labute approximate surface area is 174 Å². The first-order chi connectivity index (χ1) is 14.7. The zero-order chi connectivity index (χ0) is 22.2. The Morgan fingerprint density at radius 1 is 1.10 bits per heavy atom. The van der Waals surface area contributed by atoms with E-state index in [4.69, 9.17) is 0 Å². The molecule has 9 heteroatoms. The maximum atomic E-state index is 13.3. The van der Waals surface area contributed by atoms with Crippen LogP contribution in [0.5, 0.6) is 0 Å². The van der Waals surface area contributed by atoms with E-state index in [1.807, 2.05) is 0 Å². The van der Waals surface area contributed by atoms with Gasteiger partial charge in [-0.2, -0.15) is 18.3 Å². The molecule has 1 N–H and O–H groups in total. The second-order valence-electron chi connectivity index (χ2n) is 6.93. The van der Waals surface area contributed by atoms with Gasteiger partial charge < -0.3 is 5.32 Å². The molecule has 2 heterocycles. The number of nitrogens with one attached hydrogen (secondary N) is 1. The lowest BCUT2D eigenvalue weighted by atomic mass is 10.0. The van der Waals surface area contributed by atoms with Crippen molar-refractivity contribution >= 4 is 22.6 Å². The van der Waals surface area contributed by atoms with Gasteiger partial charge in [0.25, 0.3) is 0 Å². The van der Waals surface area contributed by atoms with E-state index in [0.29, 0.717) is 16.7 Å². The van der Waals surface area contributed by atoms with Gasteiger partial charge in [0.05, 0.1) is 11.3 Å². The monoisotopic (exact) mass is 428 g/mol. The molecule has 0 spiro atoms. The number of hydrogen-bond acceptors (Lipinski definition) is 3. The third-order valence-electron chi connectivity index (χ3n) is 4.73. The molecular weight excluding hydrogens is 412 g/mol. The number of carbonyl (C=O) groups is 1. The topological polar surface area (TPSA) is 59.8 Å². The molecule has 4 aromatic rings. The van der Waals surface area contributed by atoms with Gasteiger partial charge in [-0.3, -0.25) is 4.79 Å². The van der Waals surface area contributed by atoms with E-state index in [1.54, 1.807) is 31.3 Å². The number of carbonyl (C=O) groups excluding carboxylic acids is 1. The van der Waals surface area contributed by atoms with Crippen LogP contribution in [0.1, 0.15) is 11.3 Å². The lowest BCUT2D eigenvalue weighted by Gasteiger charge is -2.10. The average molecular weight is 428 g/mol. The molecule has 158 valence electrons. The summed E-state index contributed by atoms with van der Waals surface area (Å²) in [5.41, 5.74) is 1.80. The molecule has 0 bridgehead atoms. The van der Waals surface area contributed by atoms with Gasteiger partial charge in [0.2, 0.25) is 5.91 Å². The molecule has 0 fully saturated rings. The van der Waals surface area contributed by atoms with Gasteiger partial charge in [0.15, 0.2) is 5.65 Å². The van der Waals surface area contributed by atoms with Crippen molar-refractivity contribution in [3.05, 3.63) is 77.9 Å². The number of nitrogens with zero attached hydrogens (tertiary/aromatic N) is 3. The highest BCUT2D eigenvalue weighted by molar-refractivity contribution is 5.96. The summed E-state index contributed by atoms with van der Waals surface area (Å²) in [6.07, 6.45) is -2.94. The van der Waals surface area contributed by atoms with E-state index in [0.717, 1.165) is 23.3 Å². The number of hydrogen-bond donors (Lipinski definition) is 1. The zero-order valence-electron chi connectivity index (χ0n) is 16.2. The van der Waals surface area contributed by atoms with Crippen molar-refractivity contribution in [3.63, 3.8) is 0 Å². The maximum absolute atomic E-state index is 13.3. The Bertz CT molecular complexity index is 1260. The molecule has 0 saturated heterocycles. The molecule has 0 unspecified atom stereocenters. The van der Waals surface area contributed by atoms with Crippen LogP contribution in [0.4, 0.5) is 23.2 Å². The number of alkyl halides is 3. The number of aromatic nitrogens is 3. The highest BCUT2D eigenvalue weighted by Crippen LogP contribution is 2.31. The minimum Gasteiger partial charge on any atom is -0.324 e. The number of amides is 1. The summed E-state index contributed by atoms with van der Waals surface area (Å²) in [5.74, 6) is -0.898. The van der Waals surface area contributed by atoms with Crippen molar-refractivity contribution in [2.24, 2.45) is 0 Å².